The van der Waals surface area contributed by atoms with Gasteiger partial charge in [-0.3, -0.25) is 4.79 Å². The molecule has 2 rings (SSSR count). The van der Waals surface area contributed by atoms with Gasteiger partial charge in [0.25, 0.3) is 5.91 Å². The van der Waals surface area contributed by atoms with E-state index in [4.69, 9.17) is 34.8 Å². The fourth-order valence-corrected chi connectivity index (χ4v) is 2.66. The van der Waals surface area contributed by atoms with Gasteiger partial charge in [0.2, 0.25) is 0 Å². The van der Waals surface area contributed by atoms with Gasteiger partial charge in [0.15, 0.2) is 0 Å². The van der Waals surface area contributed by atoms with Crippen LogP contribution in [-0.2, 0) is 12.7 Å². The largest absolute Gasteiger partial charge is 0.416 e. The van der Waals surface area contributed by atoms with Crippen LogP contribution in [-0.4, -0.2) is 5.91 Å². The second-order valence-electron chi connectivity index (χ2n) is 4.58. The van der Waals surface area contributed by atoms with Crippen LogP contribution < -0.4 is 5.32 Å². The highest BCUT2D eigenvalue weighted by Crippen LogP contribution is 2.32. The molecule has 2 aromatic carbocycles. The average Bonchev–Trinajstić information content (AvgIpc) is 2.44. The summed E-state index contributed by atoms with van der Waals surface area (Å²) < 4.78 is 37.7. The summed E-state index contributed by atoms with van der Waals surface area (Å²) in [6, 6.07) is 7.52. The maximum absolute atomic E-state index is 12.6. The lowest BCUT2D eigenvalue weighted by Crippen LogP contribution is -2.23. The zero-order chi connectivity index (χ0) is 17.2. The SMILES string of the molecule is O=C(NCc1ccc(C(F)(F)F)cc1Cl)c1c(Cl)cccc1Cl. The first-order valence-electron chi connectivity index (χ1n) is 6.28. The average molecular weight is 383 g/mol. The van der Waals surface area contributed by atoms with E-state index in [1.807, 2.05) is 0 Å². The number of rotatable bonds is 3. The van der Waals surface area contributed by atoms with Crippen LogP contribution in [0.25, 0.3) is 0 Å². The summed E-state index contributed by atoms with van der Waals surface area (Å²) in [7, 11) is 0. The zero-order valence-electron chi connectivity index (χ0n) is 11.3. The number of carbonyl (C=O) groups is 1. The Morgan fingerprint density at radius 2 is 1.61 bits per heavy atom. The lowest BCUT2D eigenvalue weighted by Gasteiger charge is -2.12. The molecule has 1 N–H and O–H groups in total. The molecule has 0 spiro atoms. The van der Waals surface area contributed by atoms with Crippen LogP contribution in [0.4, 0.5) is 13.2 Å². The Morgan fingerprint density at radius 1 is 1.00 bits per heavy atom. The predicted octanol–water partition coefficient (Wildman–Crippen LogP) is 5.60. The van der Waals surface area contributed by atoms with Crippen LogP contribution >= 0.6 is 34.8 Å². The Balaban J connectivity index is 2.14. The fraction of sp³-hybridized carbons (Fsp3) is 0.133. The van der Waals surface area contributed by atoms with Crippen LogP contribution in [0.1, 0.15) is 21.5 Å². The van der Waals surface area contributed by atoms with Crippen LogP contribution in [0.3, 0.4) is 0 Å². The van der Waals surface area contributed by atoms with E-state index in [2.05, 4.69) is 5.32 Å². The molecule has 0 aliphatic heterocycles. The van der Waals surface area contributed by atoms with Gasteiger partial charge in [0, 0.05) is 11.6 Å². The fourth-order valence-electron chi connectivity index (χ4n) is 1.85. The first kappa shape index (κ1) is 17.9. The molecule has 1 amide bonds. The maximum Gasteiger partial charge on any atom is 0.416 e. The standard InChI is InChI=1S/C15H9Cl3F3NO/c16-10-2-1-3-11(17)13(10)14(23)22-7-8-4-5-9(6-12(8)18)15(19,20)21/h1-6H,7H2,(H,22,23). The van der Waals surface area contributed by atoms with Gasteiger partial charge in [-0.25, -0.2) is 0 Å². The summed E-state index contributed by atoms with van der Waals surface area (Å²) in [5, 5.41) is 2.78. The van der Waals surface area contributed by atoms with E-state index >= 15 is 0 Å². The normalized spacial score (nSPS) is 11.4. The van der Waals surface area contributed by atoms with E-state index in [1.54, 1.807) is 6.07 Å². The van der Waals surface area contributed by atoms with Crippen molar-refractivity contribution in [1.82, 2.24) is 5.32 Å². The highest BCUT2D eigenvalue weighted by molar-refractivity contribution is 6.39. The van der Waals surface area contributed by atoms with Crippen molar-refractivity contribution in [3.8, 4) is 0 Å². The third kappa shape index (κ3) is 4.31. The van der Waals surface area contributed by atoms with E-state index < -0.39 is 17.6 Å². The smallest absolute Gasteiger partial charge is 0.348 e. The van der Waals surface area contributed by atoms with Crippen molar-refractivity contribution in [2.75, 3.05) is 0 Å². The molecule has 0 fully saturated rings. The minimum atomic E-state index is -4.48. The summed E-state index contributed by atoms with van der Waals surface area (Å²) in [5.41, 5.74) is -0.415. The zero-order valence-corrected chi connectivity index (χ0v) is 13.6. The molecule has 2 aromatic rings. The lowest BCUT2D eigenvalue weighted by atomic mass is 10.1. The van der Waals surface area contributed by atoms with Crippen LogP contribution in [0.2, 0.25) is 15.1 Å². The summed E-state index contributed by atoms with van der Waals surface area (Å²) in [5.74, 6) is -0.545. The molecule has 2 nitrogen and oxygen atoms in total. The molecule has 23 heavy (non-hydrogen) atoms. The highest BCUT2D eigenvalue weighted by Gasteiger charge is 2.30. The summed E-state index contributed by atoms with van der Waals surface area (Å²) >= 11 is 17.6. The molecule has 0 aliphatic carbocycles. The van der Waals surface area contributed by atoms with Gasteiger partial charge in [-0.05, 0) is 29.8 Å². The van der Waals surface area contributed by atoms with Gasteiger partial charge in [-0.1, -0.05) is 46.9 Å². The molecule has 0 heterocycles. The molecule has 122 valence electrons. The third-order valence-electron chi connectivity index (χ3n) is 3.01. The second kappa shape index (κ2) is 6.99. The number of alkyl halides is 3. The summed E-state index contributed by atoms with van der Waals surface area (Å²) in [6.45, 7) is -0.0582. The Bertz CT molecular complexity index is 727. The quantitative estimate of drug-likeness (QED) is 0.736. The molecular weight excluding hydrogens is 374 g/mol. The number of benzene rings is 2. The Hall–Kier alpha value is -1.43. The Kier molecular flexibility index (Phi) is 5.45. The monoisotopic (exact) mass is 381 g/mol. The highest BCUT2D eigenvalue weighted by atomic mass is 35.5. The van der Waals surface area contributed by atoms with Crippen molar-refractivity contribution in [3.05, 3.63) is 68.2 Å². The van der Waals surface area contributed by atoms with Crippen LogP contribution in [0, 0.1) is 0 Å². The number of hydrogen-bond donors (Lipinski definition) is 1. The molecule has 0 aliphatic rings. The molecule has 0 aromatic heterocycles. The molecule has 0 saturated carbocycles. The van der Waals surface area contributed by atoms with Crippen molar-refractivity contribution in [2.45, 2.75) is 12.7 Å². The van der Waals surface area contributed by atoms with Gasteiger partial charge in [0.1, 0.15) is 0 Å². The van der Waals surface area contributed by atoms with Gasteiger partial charge in [-0.15, -0.1) is 0 Å². The van der Waals surface area contributed by atoms with Gasteiger partial charge >= 0.3 is 6.18 Å². The van der Waals surface area contributed by atoms with E-state index in [9.17, 15) is 18.0 Å². The van der Waals surface area contributed by atoms with E-state index in [-0.39, 0.29) is 27.2 Å². The van der Waals surface area contributed by atoms with E-state index in [1.165, 1.54) is 18.2 Å². The molecule has 0 bridgehead atoms. The molecule has 0 saturated heterocycles. The second-order valence-corrected chi connectivity index (χ2v) is 5.80. The minimum Gasteiger partial charge on any atom is -0.348 e. The van der Waals surface area contributed by atoms with Gasteiger partial charge in [-0.2, -0.15) is 13.2 Å². The molecule has 0 radical (unpaired) electrons. The first-order valence-corrected chi connectivity index (χ1v) is 7.41. The summed E-state index contributed by atoms with van der Waals surface area (Å²) in [6.07, 6.45) is -4.48. The van der Waals surface area contributed by atoms with Crippen molar-refractivity contribution in [3.63, 3.8) is 0 Å². The molecule has 0 atom stereocenters. The molecule has 0 unspecified atom stereocenters. The van der Waals surface area contributed by atoms with E-state index in [0.29, 0.717) is 5.56 Å². The Morgan fingerprint density at radius 3 is 2.13 bits per heavy atom. The number of nitrogens with one attached hydrogen (secondary N) is 1. The van der Waals surface area contributed by atoms with Crippen LogP contribution in [0.5, 0.6) is 0 Å². The van der Waals surface area contributed by atoms with Crippen LogP contribution in [0.15, 0.2) is 36.4 Å². The summed E-state index contributed by atoms with van der Waals surface area (Å²) in [4.78, 5) is 12.1. The molecule has 8 heteroatoms. The van der Waals surface area contributed by atoms with Crippen molar-refractivity contribution >= 4 is 40.7 Å². The molecular formula is C15H9Cl3F3NO. The number of hydrogen-bond acceptors (Lipinski definition) is 1. The minimum absolute atomic E-state index is 0.0582. The lowest BCUT2D eigenvalue weighted by molar-refractivity contribution is -0.137. The van der Waals surface area contributed by atoms with Gasteiger partial charge < -0.3 is 5.32 Å². The van der Waals surface area contributed by atoms with Crippen molar-refractivity contribution in [1.29, 1.82) is 0 Å². The van der Waals surface area contributed by atoms with Crippen molar-refractivity contribution < 1.29 is 18.0 Å². The van der Waals surface area contributed by atoms with E-state index in [0.717, 1.165) is 12.1 Å². The van der Waals surface area contributed by atoms with Crippen molar-refractivity contribution in [2.24, 2.45) is 0 Å². The first-order chi connectivity index (χ1) is 10.7. The number of halogens is 6. The number of carbonyl (C=O) groups excluding carboxylic acids is 1. The van der Waals surface area contributed by atoms with Gasteiger partial charge in [0.05, 0.1) is 21.2 Å². The number of amides is 1. The predicted molar refractivity (Wildman–Crippen MR) is 84.1 cm³/mol. The Labute approximate surface area is 145 Å². The third-order valence-corrected chi connectivity index (χ3v) is 3.99. The maximum atomic E-state index is 12.6. The topological polar surface area (TPSA) is 29.1 Å².